The third kappa shape index (κ3) is 3.05. The van der Waals surface area contributed by atoms with Gasteiger partial charge in [0, 0.05) is 17.1 Å². The Kier molecular flexibility index (Phi) is 4.06. The summed E-state index contributed by atoms with van der Waals surface area (Å²) in [6.45, 7) is 5.03. The summed E-state index contributed by atoms with van der Waals surface area (Å²) in [5.74, 6) is 1.19. The van der Waals surface area contributed by atoms with Crippen molar-refractivity contribution in [2.45, 2.75) is 6.92 Å². The van der Waals surface area contributed by atoms with Crippen LogP contribution in [-0.4, -0.2) is 42.0 Å². The van der Waals surface area contributed by atoms with Crippen molar-refractivity contribution in [3.63, 3.8) is 0 Å². The van der Waals surface area contributed by atoms with E-state index in [9.17, 15) is 4.79 Å². The Bertz CT molecular complexity index is 902. The first-order valence-corrected chi connectivity index (χ1v) is 8.60. The topological polar surface area (TPSA) is 50.6 Å². The molecule has 1 aromatic carbocycles. The van der Waals surface area contributed by atoms with E-state index in [0.29, 0.717) is 0 Å². The predicted molar refractivity (Wildman–Crippen MR) is 97.6 cm³/mol. The van der Waals surface area contributed by atoms with E-state index in [1.54, 1.807) is 0 Å². The molecule has 5 heteroatoms. The van der Waals surface area contributed by atoms with E-state index in [4.69, 9.17) is 0 Å². The molecule has 0 bridgehead atoms. The lowest BCUT2D eigenvalue weighted by atomic mass is 10.1. The van der Waals surface area contributed by atoms with Gasteiger partial charge in [0.15, 0.2) is 0 Å². The Morgan fingerprint density at radius 1 is 1.04 bits per heavy atom. The van der Waals surface area contributed by atoms with Crippen LogP contribution in [-0.2, 0) is 0 Å². The SMILES string of the molecule is Cc1cc(C(=O)N2CCN(c3cccc[nH+]3)CC2)c2ccccc2n1. The highest BCUT2D eigenvalue weighted by Gasteiger charge is 2.27. The van der Waals surface area contributed by atoms with Crippen molar-refractivity contribution in [2.24, 2.45) is 0 Å². The molecule has 1 aliphatic heterocycles. The number of aromatic nitrogens is 2. The average molecular weight is 333 g/mol. The molecule has 1 amide bonds. The number of carbonyl (C=O) groups is 1. The third-order valence-corrected chi connectivity index (χ3v) is 4.67. The number of nitrogens with zero attached hydrogens (tertiary/aromatic N) is 3. The van der Waals surface area contributed by atoms with Crippen LogP contribution in [0.2, 0.25) is 0 Å². The number of amides is 1. The van der Waals surface area contributed by atoms with Gasteiger partial charge in [0.2, 0.25) is 0 Å². The minimum Gasteiger partial charge on any atom is -0.331 e. The molecule has 4 rings (SSSR count). The van der Waals surface area contributed by atoms with Gasteiger partial charge in [0.25, 0.3) is 11.7 Å². The number of fused-ring (bicyclic) bond motifs is 1. The smallest absolute Gasteiger partial charge is 0.274 e. The lowest BCUT2D eigenvalue weighted by Crippen LogP contribution is -2.50. The number of hydrogen-bond donors (Lipinski definition) is 0. The number of aryl methyl sites for hydroxylation is 1. The first kappa shape index (κ1) is 15.6. The molecule has 0 aliphatic carbocycles. The molecular weight excluding hydrogens is 312 g/mol. The summed E-state index contributed by atoms with van der Waals surface area (Å²) < 4.78 is 0. The molecule has 0 saturated carbocycles. The number of carbonyl (C=O) groups excluding carboxylic acids is 1. The van der Waals surface area contributed by atoms with Gasteiger partial charge in [0.05, 0.1) is 30.4 Å². The van der Waals surface area contributed by atoms with E-state index >= 15 is 0 Å². The van der Waals surface area contributed by atoms with Crippen molar-refractivity contribution in [1.82, 2.24) is 9.88 Å². The number of piperazine rings is 1. The van der Waals surface area contributed by atoms with Crippen LogP contribution in [0.1, 0.15) is 16.1 Å². The zero-order chi connectivity index (χ0) is 17.2. The first-order valence-electron chi connectivity index (χ1n) is 8.60. The Labute approximate surface area is 146 Å². The molecule has 5 nitrogen and oxygen atoms in total. The van der Waals surface area contributed by atoms with Crippen molar-refractivity contribution >= 4 is 22.6 Å². The second-order valence-corrected chi connectivity index (χ2v) is 6.36. The summed E-state index contributed by atoms with van der Waals surface area (Å²) in [6, 6.07) is 15.8. The fourth-order valence-corrected chi connectivity index (χ4v) is 3.39. The Hall–Kier alpha value is -2.95. The molecule has 0 radical (unpaired) electrons. The second-order valence-electron chi connectivity index (χ2n) is 6.36. The standard InChI is InChI=1S/C20H20N4O/c1-15-14-17(16-6-2-3-7-18(16)22-15)20(25)24-12-10-23(11-13-24)19-8-4-5-9-21-19/h2-9,14H,10-13H2,1H3/p+1. The number of H-pyrrole nitrogens is 1. The van der Waals surface area contributed by atoms with Crippen molar-refractivity contribution in [2.75, 3.05) is 31.1 Å². The van der Waals surface area contributed by atoms with Gasteiger partial charge in [-0.1, -0.05) is 24.3 Å². The van der Waals surface area contributed by atoms with Gasteiger partial charge < -0.3 is 4.90 Å². The van der Waals surface area contributed by atoms with Gasteiger partial charge in [-0.2, -0.15) is 0 Å². The summed E-state index contributed by atoms with van der Waals surface area (Å²) in [5, 5.41) is 0.928. The van der Waals surface area contributed by atoms with E-state index in [-0.39, 0.29) is 5.91 Å². The van der Waals surface area contributed by atoms with E-state index < -0.39 is 0 Å². The first-order chi connectivity index (χ1) is 12.2. The Morgan fingerprint density at radius 3 is 2.56 bits per heavy atom. The van der Waals surface area contributed by atoms with Crippen molar-refractivity contribution in [3.05, 3.63) is 66.0 Å². The summed E-state index contributed by atoms with van der Waals surface area (Å²) in [5.41, 5.74) is 2.51. The average Bonchev–Trinajstić information content (AvgIpc) is 2.67. The Morgan fingerprint density at radius 2 is 1.80 bits per heavy atom. The summed E-state index contributed by atoms with van der Waals surface area (Å²) in [4.78, 5) is 25.1. The molecular formula is C20H21N4O+. The fourth-order valence-electron chi connectivity index (χ4n) is 3.39. The summed E-state index contributed by atoms with van der Waals surface area (Å²) >= 11 is 0. The van der Waals surface area contributed by atoms with Crippen LogP contribution in [0.15, 0.2) is 54.7 Å². The van der Waals surface area contributed by atoms with Gasteiger partial charge in [0.1, 0.15) is 13.1 Å². The van der Waals surface area contributed by atoms with Crippen LogP contribution >= 0.6 is 0 Å². The van der Waals surface area contributed by atoms with E-state index in [0.717, 1.165) is 54.2 Å². The highest BCUT2D eigenvalue weighted by atomic mass is 16.2. The third-order valence-electron chi connectivity index (χ3n) is 4.67. The highest BCUT2D eigenvalue weighted by Crippen LogP contribution is 2.21. The van der Waals surface area contributed by atoms with Crippen LogP contribution in [0.5, 0.6) is 0 Å². The number of para-hydroxylation sites is 1. The molecule has 3 heterocycles. The normalized spacial score (nSPS) is 14.8. The summed E-state index contributed by atoms with van der Waals surface area (Å²) in [6.07, 6.45) is 1.93. The van der Waals surface area contributed by atoms with Crippen LogP contribution in [0, 0.1) is 6.92 Å². The van der Waals surface area contributed by atoms with Gasteiger partial charge >= 0.3 is 0 Å². The zero-order valence-electron chi connectivity index (χ0n) is 14.3. The van der Waals surface area contributed by atoms with Gasteiger partial charge in [-0.05, 0) is 25.1 Å². The fraction of sp³-hybridized carbons (Fsp3) is 0.250. The molecule has 1 aliphatic rings. The molecule has 0 atom stereocenters. The predicted octanol–water partition coefficient (Wildman–Crippen LogP) is 2.32. The zero-order valence-corrected chi connectivity index (χ0v) is 14.3. The number of hydrogen-bond acceptors (Lipinski definition) is 3. The van der Waals surface area contributed by atoms with Crippen molar-refractivity contribution in [1.29, 1.82) is 0 Å². The maximum absolute atomic E-state index is 13.1. The number of benzene rings is 1. The molecule has 0 spiro atoms. The molecule has 1 saturated heterocycles. The molecule has 0 unspecified atom stereocenters. The van der Waals surface area contributed by atoms with Gasteiger partial charge in [-0.15, -0.1) is 0 Å². The molecule has 126 valence electrons. The van der Waals surface area contributed by atoms with E-state index in [2.05, 4.69) is 20.9 Å². The number of aromatic amines is 1. The Balaban J connectivity index is 1.55. The highest BCUT2D eigenvalue weighted by molar-refractivity contribution is 6.06. The van der Waals surface area contributed by atoms with E-state index in [1.165, 1.54) is 0 Å². The minimum absolute atomic E-state index is 0.0957. The van der Waals surface area contributed by atoms with Crippen LogP contribution in [0.3, 0.4) is 0 Å². The monoisotopic (exact) mass is 333 g/mol. The van der Waals surface area contributed by atoms with Gasteiger partial charge in [-0.3, -0.25) is 14.7 Å². The quantitative estimate of drug-likeness (QED) is 0.723. The van der Waals surface area contributed by atoms with Crippen LogP contribution < -0.4 is 9.88 Å². The lowest BCUT2D eigenvalue weighted by Gasteiger charge is -2.31. The number of nitrogens with one attached hydrogen (secondary N) is 1. The van der Waals surface area contributed by atoms with E-state index in [1.807, 2.05) is 60.5 Å². The molecule has 2 aromatic heterocycles. The molecule has 1 N–H and O–H groups in total. The molecule has 25 heavy (non-hydrogen) atoms. The lowest BCUT2D eigenvalue weighted by molar-refractivity contribution is -0.364. The molecule has 3 aromatic rings. The number of pyridine rings is 2. The maximum atomic E-state index is 13.1. The van der Waals surface area contributed by atoms with Crippen molar-refractivity contribution in [3.8, 4) is 0 Å². The number of rotatable bonds is 2. The van der Waals surface area contributed by atoms with Crippen LogP contribution in [0.25, 0.3) is 10.9 Å². The largest absolute Gasteiger partial charge is 0.331 e. The second kappa shape index (κ2) is 6.51. The molecule has 1 fully saturated rings. The van der Waals surface area contributed by atoms with Crippen LogP contribution in [0.4, 0.5) is 5.82 Å². The number of anilines is 1. The minimum atomic E-state index is 0.0957. The van der Waals surface area contributed by atoms with Crippen molar-refractivity contribution < 1.29 is 9.78 Å². The van der Waals surface area contributed by atoms with Gasteiger partial charge in [-0.25, -0.2) is 4.98 Å². The maximum Gasteiger partial charge on any atom is 0.274 e. The summed E-state index contributed by atoms with van der Waals surface area (Å²) in [7, 11) is 0.